The number of ether oxygens (including phenoxy) is 13. The van der Waals surface area contributed by atoms with Crippen LogP contribution < -0.4 is 0 Å². The van der Waals surface area contributed by atoms with E-state index in [1.165, 1.54) is 12.7 Å². The first-order valence-electron chi connectivity index (χ1n) is 29.9. The third-order valence-electron chi connectivity index (χ3n) is 20.9. The molecule has 5 saturated heterocycles. The second kappa shape index (κ2) is 26.8. The number of hydrogen-bond acceptors (Lipinski definition) is 26. The SMILES string of the molecule is C/C=C(\C)C(=O)O[C@H]1[C@H](OC)[C@@H](O)[C@H](O[C@@H]2[C@@H](C)O[C@@H](O[C@H]3CC[C@@]4(C)C(=CC[C@@H]5[C@@H]4CC[C@]4(C)[C@@H]([C@H](C)O[C@@H]6O[C@H](CO[C@@H]7O[C@H](CO[C@@H]8O[C@H](CO)[C@H](O)[C@H](O)[C@H]8O)[C@H](O)[C@H](O)[C@H]7O)[C@H](O)[C@H](O)[C@H]6O)CC[C@]54O)C3)C[C@H]2OC)O[C@@H]1C. The molecule has 9 aliphatic rings. The van der Waals surface area contributed by atoms with Gasteiger partial charge in [0.1, 0.15) is 91.6 Å². The van der Waals surface area contributed by atoms with Crippen molar-refractivity contribution in [1.82, 2.24) is 0 Å². The minimum absolute atomic E-state index is 0.0513. The van der Waals surface area contributed by atoms with Gasteiger partial charge < -0.3 is 123 Å². The van der Waals surface area contributed by atoms with Gasteiger partial charge in [0.2, 0.25) is 0 Å². The number of aliphatic hydroxyl groups excluding tert-OH is 11. The number of aliphatic hydroxyl groups is 12. The molecule has 5 heterocycles. The summed E-state index contributed by atoms with van der Waals surface area (Å²) in [7, 11) is 3.02. The van der Waals surface area contributed by atoms with Crippen molar-refractivity contribution < 1.29 is 128 Å². The number of hydrogen-bond donors (Lipinski definition) is 12. The Labute approximate surface area is 489 Å². The maximum atomic E-state index is 13.1. The molecule has 0 amide bonds. The molecule has 32 atom stereocenters. The molecule has 9 rings (SSSR count). The Morgan fingerprint density at radius 3 is 1.85 bits per heavy atom. The third kappa shape index (κ3) is 12.5. The van der Waals surface area contributed by atoms with Gasteiger partial charge in [0, 0.05) is 31.6 Å². The summed E-state index contributed by atoms with van der Waals surface area (Å²) in [5, 5.41) is 130. The first kappa shape index (κ1) is 66.4. The first-order chi connectivity index (χ1) is 39.7. The molecular weight excluding hydrogens is 1110 g/mol. The number of fused-ring (bicyclic) bond motifs is 5. The van der Waals surface area contributed by atoms with Crippen LogP contribution in [-0.2, 0) is 66.4 Å². The van der Waals surface area contributed by atoms with E-state index in [9.17, 15) is 66.1 Å². The molecule has 8 fully saturated rings. The summed E-state index contributed by atoms with van der Waals surface area (Å²) < 4.78 is 77.8. The predicted octanol–water partition coefficient (Wildman–Crippen LogP) is -1.55. The Bertz CT molecular complexity index is 2260. The van der Waals surface area contributed by atoms with Crippen molar-refractivity contribution >= 4 is 5.97 Å². The topological polar surface area (TPSA) is 380 Å². The number of esters is 1. The third-order valence-corrected chi connectivity index (χ3v) is 20.9. The highest BCUT2D eigenvalue weighted by molar-refractivity contribution is 5.87. The molecule has 0 aromatic heterocycles. The molecule has 84 heavy (non-hydrogen) atoms. The Balaban J connectivity index is 0.778. The van der Waals surface area contributed by atoms with Gasteiger partial charge in [-0.15, -0.1) is 0 Å². The maximum absolute atomic E-state index is 13.1. The molecule has 3 saturated carbocycles. The summed E-state index contributed by atoms with van der Waals surface area (Å²) in [6.45, 7) is 11.3. The van der Waals surface area contributed by atoms with Crippen molar-refractivity contribution in [3.63, 3.8) is 0 Å². The Morgan fingerprint density at radius 1 is 0.667 bits per heavy atom. The largest absolute Gasteiger partial charge is 0.453 e. The van der Waals surface area contributed by atoms with Crippen LogP contribution in [0.2, 0.25) is 0 Å². The van der Waals surface area contributed by atoms with Crippen molar-refractivity contribution in [3.8, 4) is 0 Å². The quantitative estimate of drug-likeness (QED) is 0.0420. The van der Waals surface area contributed by atoms with E-state index >= 15 is 0 Å². The Kier molecular flexibility index (Phi) is 21.2. The van der Waals surface area contributed by atoms with Crippen LogP contribution in [0, 0.1) is 28.6 Å². The van der Waals surface area contributed by atoms with Crippen LogP contribution in [0.4, 0.5) is 0 Å². The molecule has 4 aliphatic carbocycles. The monoisotopic (exact) mass is 1210 g/mol. The minimum Gasteiger partial charge on any atom is -0.453 e. The average molecular weight is 1210 g/mol. The average Bonchev–Trinajstić information content (AvgIpc) is 2.43. The van der Waals surface area contributed by atoms with Crippen LogP contribution >= 0.6 is 0 Å². The van der Waals surface area contributed by atoms with Crippen LogP contribution in [0.1, 0.15) is 106 Å². The second-order valence-corrected chi connectivity index (χ2v) is 25.5. The van der Waals surface area contributed by atoms with Gasteiger partial charge in [-0.2, -0.15) is 0 Å². The molecule has 0 bridgehead atoms. The number of carbonyl (C=O) groups is 1. The lowest BCUT2D eigenvalue weighted by Gasteiger charge is -2.61. The minimum atomic E-state index is -1.85. The lowest BCUT2D eigenvalue weighted by Crippen LogP contribution is -2.63. The highest BCUT2D eigenvalue weighted by Gasteiger charge is 2.67. The summed E-state index contributed by atoms with van der Waals surface area (Å²) >= 11 is 0. The molecule has 26 heteroatoms. The summed E-state index contributed by atoms with van der Waals surface area (Å²) in [5.41, 5.74) is -0.141. The van der Waals surface area contributed by atoms with E-state index < -0.39 is 190 Å². The van der Waals surface area contributed by atoms with E-state index in [0.717, 1.165) is 19.3 Å². The van der Waals surface area contributed by atoms with E-state index in [1.54, 1.807) is 34.0 Å². The van der Waals surface area contributed by atoms with Gasteiger partial charge in [0.05, 0.1) is 55.9 Å². The zero-order valence-corrected chi connectivity index (χ0v) is 49.5. The van der Waals surface area contributed by atoms with Crippen LogP contribution in [0.15, 0.2) is 23.3 Å². The van der Waals surface area contributed by atoms with Gasteiger partial charge in [-0.05, 0) is 109 Å². The molecule has 5 aliphatic heterocycles. The van der Waals surface area contributed by atoms with Crippen molar-refractivity contribution in [2.75, 3.05) is 34.0 Å². The second-order valence-electron chi connectivity index (χ2n) is 25.5. The van der Waals surface area contributed by atoms with E-state index in [4.69, 9.17) is 61.6 Å². The molecule has 0 spiro atoms. The number of allylic oxidation sites excluding steroid dienone is 2. The van der Waals surface area contributed by atoms with Crippen LogP contribution in [0.25, 0.3) is 0 Å². The molecule has 482 valence electrons. The van der Waals surface area contributed by atoms with Crippen molar-refractivity contribution in [3.05, 3.63) is 23.3 Å². The fourth-order valence-electron chi connectivity index (χ4n) is 15.5. The smallest absolute Gasteiger partial charge is 0.333 e. The fourth-order valence-corrected chi connectivity index (χ4v) is 15.5. The maximum Gasteiger partial charge on any atom is 0.333 e. The summed E-state index contributed by atoms with van der Waals surface area (Å²) in [6, 6.07) is 0. The molecule has 0 aromatic carbocycles. The Hall–Kier alpha value is -2.01. The standard InChI is InChI=1S/C58H94O26/c1-10-24(2)51(70)83-49-27(5)78-55(47(69)50(49)73-9)84-48-26(4)76-37(20-33(48)72-8)79-29-13-16-56(6)28(19-29)11-12-32-31(56)14-17-57(7)30(15-18-58(32,57)71)25(3)77-54-46(68)43(65)40(62)36(82-54)23-75-53-45(67)42(64)39(61)35(81-53)22-74-52-44(66)41(63)38(60)34(21-59)80-52/h10-11,25-27,29-50,52-55,59-69,71H,12-23H2,1-9H3/b24-10+/t25-,26+,27+,29-,30+,31-,32+,33+,34+,35+,36+,37-,38-,39-,40-,41-,42-,43-,44+,45+,46+,47+,48+,49+,50+,52+,53+,54+,55-,56-,57+,58-/m0/s1. The van der Waals surface area contributed by atoms with Crippen LogP contribution in [0.3, 0.4) is 0 Å². The van der Waals surface area contributed by atoms with E-state index in [0.29, 0.717) is 44.1 Å². The number of methoxy groups -OCH3 is 2. The Morgan fingerprint density at radius 2 is 1.25 bits per heavy atom. The number of rotatable bonds is 18. The number of carbonyl (C=O) groups excluding carboxylic acids is 1. The van der Waals surface area contributed by atoms with E-state index in [1.807, 2.05) is 13.8 Å². The van der Waals surface area contributed by atoms with Gasteiger partial charge >= 0.3 is 5.97 Å². The van der Waals surface area contributed by atoms with Crippen LogP contribution in [0.5, 0.6) is 0 Å². The van der Waals surface area contributed by atoms with Gasteiger partial charge in [0.15, 0.2) is 37.6 Å². The van der Waals surface area contributed by atoms with Crippen molar-refractivity contribution in [2.45, 2.75) is 271 Å². The highest BCUT2D eigenvalue weighted by Crippen LogP contribution is 2.68. The molecule has 12 N–H and O–H groups in total. The molecular formula is C58H94O26. The summed E-state index contributed by atoms with van der Waals surface area (Å²) in [6.07, 6.45) is -22.5. The van der Waals surface area contributed by atoms with Crippen LogP contribution in [-0.4, -0.2) is 267 Å². The van der Waals surface area contributed by atoms with Gasteiger partial charge in [-0.25, -0.2) is 4.79 Å². The van der Waals surface area contributed by atoms with Gasteiger partial charge in [0.25, 0.3) is 0 Å². The fraction of sp³-hybridized carbons (Fsp3) is 0.914. The zero-order valence-electron chi connectivity index (χ0n) is 49.5. The normalized spacial score (nSPS) is 51.2. The zero-order chi connectivity index (χ0) is 61.1. The molecule has 0 aromatic rings. The van der Waals surface area contributed by atoms with E-state index in [-0.39, 0.29) is 29.3 Å². The highest BCUT2D eigenvalue weighted by atomic mass is 16.8. The lowest BCUT2D eigenvalue weighted by atomic mass is 9.45. The molecule has 0 radical (unpaired) electrons. The van der Waals surface area contributed by atoms with E-state index in [2.05, 4.69) is 19.9 Å². The first-order valence-corrected chi connectivity index (χ1v) is 29.9. The molecule has 26 nitrogen and oxygen atoms in total. The lowest BCUT2D eigenvalue weighted by molar-refractivity contribution is -0.346. The van der Waals surface area contributed by atoms with Crippen molar-refractivity contribution in [1.29, 1.82) is 0 Å². The van der Waals surface area contributed by atoms with Crippen molar-refractivity contribution in [2.24, 2.45) is 28.6 Å². The van der Waals surface area contributed by atoms with Gasteiger partial charge in [-0.1, -0.05) is 31.6 Å². The predicted molar refractivity (Wildman–Crippen MR) is 286 cm³/mol. The molecule has 0 unspecified atom stereocenters. The summed E-state index contributed by atoms with van der Waals surface area (Å²) in [5.74, 6) is -0.604. The van der Waals surface area contributed by atoms with Gasteiger partial charge in [-0.3, -0.25) is 0 Å². The summed E-state index contributed by atoms with van der Waals surface area (Å²) in [4.78, 5) is 12.6.